The number of ether oxygens (including phenoxy) is 1. The van der Waals surface area contributed by atoms with E-state index in [0.29, 0.717) is 5.92 Å². The lowest BCUT2D eigenvalue weighted by molar-refractivity contribution is 0.102. The van der Waals surface area contributed by atoms with E-state index in [9.17, 15) is 4.21 Å². The average molecular weight is 164 g/mol. The highest BCUT2D eigenvalue weighted by Gasteiger charge is 2.32. The highest BCUT2D eigenvalue weighted by molar-refractivity contribution is 7.79. The van der Waals surface area contributed by atoms with Crippen molar-refractivity contribution in [1.29, 1.82) is 0 Å². The van der Waals surface area contributed by atoms with Crippen LogP contribution in [-0.2, 0) is 15.8 Å². The summed E-state index contributed by atoms with van der Waals surface area (Å²) in [7, 11) is 1.59. The van der Waals surface area contributed by atoms with Crippen molar-refractivity contribution in [3.8, 4) is 0 Å². The molecule has 1 fully saturated rings. The first-order valence-electron chi connectivity index (χ1n) is 3.34. The normalized spacial score (nSPS) is 24.2. The maximum atomic E-state index is 10.3. The number of rotatable bonds is 4. The molecule has 0 heterocycles. The second kappa shape index (κ2) is 3.46. The van der Waals surface area contributed by atoms with Gasteiger partial charge in [-0.15, -0.1) is 0 Å². The molecule has 3 nitrogen and oxygen atoms in total. The Hall–Kier alpha value is 0.0700. The molecule has 1 aliphatic carbocycles. The minimum Gasteiger partial charge on any atom is -0.380 e. The van der Waals surface area contributed by atoms with Gasteiger partial charge in [-0.1, -0.05) is 0 Å². The Balaban J connectivity index is 2.25. The van der Waals surface area contributed by atoms with Gasteiger partial charge < -0.3 is 9.29 Å². The SMILES string of the molecule is COC(CS(=O)O)C1CC1. The van der Waals surface area contributed by atoms with E-state index in [4.69, 9.17) is 9.29 Å². The Morgan fingerprint density at radius 3 is 2.70 bits per heavy atom. The molecule has 0 saturated heterocycles. The van der Waals surface area contributed by atoms with Crippen LogP contribution in [0.2, 0.25) is 0 Å². The topological polar surface area (TPSA) is 46.5 Å². The van der Waals surface area contributed by atoms with Gasteiger partial charge in [-0.05, 0) is 18.8 Å². The van der Waals surface area contributed by atoms with E-state index < -0.39 is 11.1 Å². The van der Waals surface area contributed by atoms with Crippen LogP contribution in [0, 0.1) is 5.92 Å². The first-order valence-corrected chi connectivity index (χ1v) is 4.62. The molecule has 0 aromatic heterocycles. The molecule has 2 atom stereocenters. The fourth-order valence-electron chi connectivity index (χ4n) is 1.01. The average Bonchev–Trinajstić information content (AvgIpc) is 2.63. The van der Waals surface area contributed by atoms with E-state index in [-0.39, 0.29) is 11.9 Å². The van der Waals surface area contributed by atoms with Gasteiger partial charge in [-0.25, -0.2) is 4.21 Å². The maximum Gasteiger partial charge on any atom is 0.155 e. The van der Waals surface area contributed by atoms with Crippen LogP contribution in [0.1, 0.15) is 12.8 Å². The highest BCUT2D eigenvalue weighted by Crippen LogP contribution is 2.34. The molecule has 1 N–H and O–H groups in total. The summed E-state index contributed by atoms with van der Waals surface area (Å²) in [6, 6.07) is 0. The number of hydrogen-bond acceptors (Lipinski definition) is 2. The molecule has 1 rings (SSSR count). The Morgan fingerprint density at radius 1 is 1.80 bits per heavy atom. The third-order valence-electron chi connectivity index (χ3n) is 1.76. The summed E-state index contributed by atoms with van der Waals surface area (Å²) in [5.74, 6) is 0.808. The van der Waals surface area contributed by atoms with Crippen molar-refractivity contribution in [2.75, 3.05) is 12.9 Å². The molecule has 0 radical (unpaired) electrons. The molecule has 2 unspecified atom stereocenters. The van der Waals surface area contributed by atoms with E-state index in [0.717, 1.165) is 12.8 Å². The van der Waals surface area contributed by atoms with Gasteiger partial charge >= 0.3 is 0 Å². The molecule has 0 bridgehead atoms. The van der Waals surface area contributed by atoms with Crippen LogP contribution in [0.3, 0.4) is 0 Å². The van der Waals surface area contributed by atoms with E-state index in [1.807, 2.05) is 0 Å². The Kier molecular flexibility index (Phi) is 2.82. The van der Waals surface area contributed by atoms with Gasteiger partial charge in [0, 0.05) is 7.11 Å². The number of methoxy groups -OCH3 is 1. The summed E-state index contributed by atoms with van der Waals surface area (Å²) in [4.78, 5) is 0. The molecule has 0 aromatic carbocycles. The molecule has 0 aliphatic heterocycles. The quantitative estimate of drug-likeness (QED) is 0.620. The van der Waals surface area contributed by atoms with Gasteiger partial charge in [0.05, 0.1) is 11.9 Å². The van der Waals surface area contributed by atoms with Crippen molar-refractivity contribution < 1.29 is 13.5 Å². The monoisotopic (exact) mass is 164 g/mol. The first kappa shape index (κ1) is 8.17. The van der Waals surface area contributed by atoms with Crippen LogP contribution in [0.4, 0.5) is 0 Å². The zero-order valence-corrected chi connectivity index (χ0v) is 6.76. The van der Waals surface area contributed by atoms with Gasteiger partial charge in [-0.3, -0.25) is 0 Å². The molecular formula is C6H12O3S. The molecule has 4 heteroatoms. The van der Waals surface area contributed by atoms with Crippen molar-refractivity contribution >= 4 is 11.1 Å². The minimum atomic E-state index is -1.70. The van der Waals surface area contributed by atoms with Crippen LogP contribution >= 0.6 is 0 Å². The number of hydrogen-bond donors (Lipinski definition) is 1. The van der Waals surface area contributed by atoms with Crippen LogP contribution < -0.4 is 0 Å². The molecule has 0 spiro atoms. The summed E-state index contributed by atoms with van der Waals surface area (Å²) in [6.07, 6.45) is 2.30. The maximum absolute atomic E-state index is 10.3. The van der Waals surface area contributed by atoms with Gasteiger partial charge in [0.1, 0.15) is 0 Å². The zero-order chi connectivity index (χ0) is 7.56. The summed E-state index contributed by atoms with van der Waals surface area (Å²) in [5, 5.41) is 0. The first-order chi connectivity index (χ1) is 4.74. The third-order valence-corrected chi connectivity index (χ3v) is 2.37. The van der Waals surface area contributed by atoms with Crippen LogP contribution in [0.5, 0.6) is 0 Å². The van der Waals surface area contributed by atoms with Crippen molar-refractivity contribution in [3.05, 3.63) is 0 Å². The van der Waals surface area contributed by atoms with Gasteiger partial charge in [0.2, 0.25) is 0 Å². The molecule has 1 aliphatic rings. The van der Waals surface area contributed by atoms with Crippen molar-refractivity contribution in [3.63, 3.8) is 0 Å². The van der Waals surface area contributed by atoms with Crippen LogP contribution in [0.15, 0.2) is 0 Å². The lowest BCUT2D eigenvalue weighted by Gasteiger charge is -2.10. The summed E-state index contributed by atoms with van der Waals surface area (Å²) >= 11 is -1.70. The largest absolute Gasteiger partial charge is 0.380 e. The fourth-order valence-corrected chi connectivity index (χ4v) is 1.69. The Bertz CT molecular complexity index is 133. The lowest BCUT2D eigenvalue weighted by atomic mass is 10.3. The molecule has 60 valence electrons. The van der Waals surface area contributed by atoms with Crippen LogP contribution in [0.25, 0.3) is 0 Å². The third kappa shape index (κ3) is 2.36. The van der Waals surface area contributed by atoms with E-state index in [1.54, 1.807) is 7.11 Å². The smallest absolute Gasteiger partial charge is 0.155 e. The summed E-state index contributed by atoms with van der Waals surface area (Å²) in [6.45, 7) is 0. The molecule has 10 heavy (non-hydrogen) atoms. The Morgan fingerprint density at radius 2 is 2.40 bits per heavy atom. The van der Waals surface area contributed by atoms with Crippen LogP contribution in [-0.4, -0.2) is 27.7 Å². The molecule has 0 amide bonds. The predicted molar refractivity (Wildman–Crippen MR) is 39.2 cm³/mol. The second-order valence-electron chi connectivity index (χ2n) is 2.60. The van der Waals surface area contributed by atoms with E-state index in [2.05, 4.69) is 0 Å². The summed E-state index contributed by atoms with van der Waals surface area (Å²) in [5.41, 5.74) is 0. The molecule has 1 saturated carbocycles. The van der Waals surface area contributed by atoms with Gasteiger partial charge in [0.15, 0.2) is 11.1 Å². The van der Waals surface area contributed by atoms with Gasteiger partial charge in [0.25, 0.3) is 0 Å². The fraction of sp³-hybridized carbons (Fsp3) is 1.00. The second-order valence-corrected chi connectivity index (χ2v) is 3.58. The molecule has 0 aromatic rings. The standard InChI is InChI=1S/C6H12O3S/c1-9-6(4-10(7)8)5-2-3-5/h5-6H,2-4H2,1H3,(H,7,8). The zero-order valence-electron chi connectivity index (χ0n) is 5.95. The minimum absolute atomic E-state index is 0.00540. The lowest BCUT2D eigenvalue weighted by Crippen LogP contribution is -2.21. The van der Waals surface area contributed by atoms with E-state index in [1.165, 1.54) is 0 Å². The predicted octanol–water partition coefficient (Wildman–Crippen LogP) is 0.633. The molecular weight excluding hydrogens is 152 g/mol. The highest BCUT2D eigenvalue weighted by atomic mass is 32.2. The van der Waals surface area contributed by atoms with Crippen molar-refractivity contribution in [2.24, 2.45) is 5.92 Å². The van der Waals surface area contributed by atoms with Crippen molar-refractivity contribution in [2.45, 2.75) is 18.9 Å². The summed E-state index contributed by atoms with van der Waals surface area (Å²) < 4.78 is 23.9. The van der Waals surface area contributed by atoms with Gasteiger partial charge in [-0.2, -0.15) is 0 Å². The van der Waals surface area contributed by atoms with Crippen molar-refractivity contribution in [1.82, 2.24) is 0 Å². The Labute approximate surface area is 63.0 Å². The van der Waals surface area contributed by atoms with E-state index >= 15 is 0 Å².